The lowest BCUT2D eigenvalue weighted by Crippen LogP contribution is -2.35. The van der Waals surface area contributed by atoms with Crippen molar-refractivity contribution in [1.82, 2.24) is 10.3 Å². The summed E-state index contributed by atoms with van der Waals surface area (Å²) in [6.07, 6.45) is 1.95. The Balaban J connectivity index is 1.77. The van der Waals surface area contributed by atoms with Gasteiger partial charge in [-0.1, -0.05) is 28.1 Å². The molecule has 3 rings (SSSR count). The van der Waals surface area contributed by atoms with Crippen molar-refractivity contribution in [3.8, 4) is 11.3 Å². The highest BCUT2D eigenvalue weighted by molar-refractivity contribution is 9.10. The van der Waals surface area contributed by atoms with Crippen LogP contribution in [0.3, 0.4) is 0 Å². The second kappa shape index (κ2) is 6.25. The first-order valence-corrected chi connectivity index (χ1v) is 8.52. The number of benzene rings is 1. The molecule has 1 aromatic heterocycles. The van der Waals surface area contributed by atoms with Crippen molar-refractivity contribution >= 4 is 38.3 Å². The Labute approximate surface area is 136 Å². The van der Waals surface area contributed by atoms with Gasteiger partial charge in [-0.2, -0.15) is 0 Å². The molecule has 21 heavy (non-hydrogen) atoms. The normalized spacial score (nSPS) is 17.9. The molecule has 6 heteroatoms. The maximum Gasteiger partial charge on any atom is 0.243 e. The molecule has 0 aliphatic carbocycles. The van der Waals surface area contributed by atoms with E-state index in [0.717, 1.165) is 40.0 Å². The third-order valence-corrected chi connectivity index (χ3v) is 4.94. The molecule has 0 bridgehead atoms. The number of hydrogen-bond donors (Lipinski definition) is 2. The second-order valence-corrected chi connectivity index (χ2v) is 7.19. The first-order valence-electron chi connectivity index (χ1n) is 6.91. The minimum absolute atomic E-state index is 0.0172. The molecule has 0 radical (unpaired) electrons. The van der Waals surface area contributed by atoms with Gasteiger partial charge in [-0.25, -0.2) is 4.98 Å². The summed E-state index contributed by atoms with van der Waals surface area (Å²) in [5, 5.41) is 6.79. The van der Waals surface area contributed by atoms with Crippen LogP contribution in [-0.2, 0) is 4.79 Å². The van der Waals surface area contributed by atoms with E-state index in [2.05, 4.69) is 31.5 Å². The molecular weight excluding hydrogens is 350 g/mol. The molecule has 1 amide bonds. The lowest BCUT2D eigenvalue weighted by atomic mass is 10.1. The van der Waals surface area contributed by atoms with Crippen LogP contribution in [0.4, 0.5) is 5.13 Å². The topological polar surface area (TPSA) is 54.0 Å². The van der Waals surface area contributed by atoms with Gasteiger partial charge in [0.15, 0.2) is 5.13 Å². The quantitative estimate of drug-likeness (QED) is 0.873. The van der Waals surface area contributed by atoms with E-state index >= 15 is 0 Å². The van der Waals surface area contributed by atoms with Crippen LogP contribution >= 0.6 is 27.3 Å². The van der Waals surface area contributed by atoms with Gasteiger partial charge in [0.25, 0.3) is 0 Å². The fourth-order valence-electron chi connectivity index (χ4n) is 2.43. The molecule has 1 saturated heterocycles. The van der Waals surface area contributed by atoms with E-state index in [1.807, 2.05) is 31.2 Å². The third-order valence-electron chi connectivity index (χ3n) is 3.52. The molecule has 2 heterocycles. The van der Waals surface area contributed by atoms with Crippen molar-refractivity contribution in [2.75, 3.05) is 11.9 Å². The van der Waals surface area contributed by atoms with Gasteiger partial charge in [0.1, 0.15) is 0 Å². The highest BCUT2D eigenvalue weighted by atomic mass is 79.9. The number of nitrogens with one attached hydrogen (secondary N) is 2. The summed E-state index contributed by atoms with van der Waals surface area (Å²) >= 11 is 4.95. The highest BCUT2D eigenvalue weighted by Crippen LogP contribution is 2.31. The summed E-state index contributed by atoms with van der Waals surface area (Å²) in [7, 11) is 0. The van der Waals surface area contributed by atoms with Crippen LogP contribution < -0.4 is 10.6 Å². The summed E-state index contributed by atoms with van der Waals surface area (Å²) in [5.74, 6) is 0.0172. The largest absolute Gasteiger partial charge is 0.306 e. The first-order chi connectivity index (χ1) is 10.1. The predicted molar refractivity (Wildman–Crippen MR) is 89.6 cm³/mol. The Morgan fingerprint density at radius 2 is 2.19 bits per heavy atom. The van der Waals surface area contributed by atoms with Gasteiger partial charge in [-0.15, -0.1) is 11.3 Å². The van der Waals surface area contributed by atoms with E-state index in [-0.39, 0.29) is 11.9 Å². The summed E-state index contributed by atoms with van der Waals surface area (Å²) in [4.78, 5) is 17.8. The van der Waals surface area contributed by atoms with Crippen molar-refractivity contribution in [3.05, 3.63) is 33.6 Å². The zero-order valence-corrected chi connectivity index (χ0v) is 14.1. The number of anilines is 1. The van der Waals surface area contributed by atoms with Gasteiger partial charge in [-0.05, 0) is 38.4 Å². The van der Waals surface area contributed by atoms with Crippen LogP contribution in [0, 0.1) is 6.92 Å². The smallest absolute Gasteiger partial charge is 0.243 e. The van der Waals surface area contributed by atoms with Gasteiger partial charge in [-0.3, -0.25) is 4.79 Å². The van der Waals surface area contributed by atoms with Crippen LogP contribution in [0.1, 0.15) is 17.7 Å². The molecule has 0 saturated carbocycles. The van der Waals surface area contributed by atoms with E-state index in [1.165, 1.54) is 11.3 Å². The van der Waals surface area contributed by atoms with Crippen LogP contribution in [0.2, 0.25) is 0 Å². The van der Waals surface area contributed by atoms with Crippen LogP contribution in [0.25, 0.3) is 11.3 Å². The number of carbonyl (C=O) groups excluding carboxylic acids is 1. The lowest BCUT2D eigenvalue weighted by molar-refractivity contribution is -0.117. The van der Waals surface area contributed by atoms with Gasteiger partial charge < -0.3 is 10.6 Å². The van der Waals surface area contributed by atoms with Crippen molar-refractivity contribution in [2.45, 2.75) is 25.8 Å². The maximum absolute atomic E-state index is 12.1. The number of nitrogens with zero attached hydrogens (tertiary/aromatic N) is 1. The minimum Gasteiger partial charge on any atom is -0.306 e. The van der Waals surface area contributed by atoms with Gasteiger partial charge in [0.2, 0.25) is 5.91 Å². The summed E-state index contributed by atoms with van der Waals surface area (Å²) in [5.41, 5.74) is 1.99. The van der Waals surface area contributed by atoms with Crippen LogP contribution in [-0.4, -0.2) is 23.5 Å². The molecule has 1 aliphatic heterocycles. The summed E-state index contributed by atoms with van der Waals surface area (Å²) in [6, 6.07) is 7.96. The molecule has 0 spiro atoms. The van der Waals surface area contributed by atoms with E-state index in [9.17, 15) is 4.79 Å². The number of aryl methyl sites for hydroxylation is 1. The minimum atomic E-state index is -0.0784. The molecular formula is C15H16BrN3OS. The Morgan fingerprint density at radius 3 is 2.86 bits per heavy atom. The number of amides is 1. The molecule has 1 atom stereocenters. The molecule has 2 N–H and O–H groups in total. The monoisotopic (exact) mass is 365 g/mol. The maximum atomic E-state index is 12.1. The Morgan fingerprint density at radius 1 is 1.43 bits per heavy atom. The number of aromatic nitrogens is 1. The summed E-state index contributed by atoms with van der Waals surface area (Å²) in [6.45, 7) is 2.94. The average molecular weight is 366 g/mol. The molecule has 1 fully saturated rings. The van der Waals surface area contributed by atoms with Gasteiger partial charge in [0, 0.05) is 14.9 Å². The highest BCUT2D eigenvalue weighted by Gasteiger charge is 2.23. The van der Waals surface area contributed by atoms with E-state index in [4.69, 9.17) is 0 Å². The first kappa shape index (κ1) is 14.7. The van der Waals surface area contributed by atoms with E-state index in [1.54, 1.807) is 0 Å². The number of thiazole rings is 1. The predicted octanol–water partition coefficient (Wildman–Crippen LogP) is 3.57. The zero-order chi connectivity index (χ0) is 14.8. The number of rotatable bonds is 3. The second-order valence-electron chi connectivity index (χ2n) is 5.07. The van der Waals surface area contributed by atoms with Crippen molar-refractivity contribution in [3.63, 3.8) is 0 Å². The lowest BCUT2D eigenvalue weighted by Gasteiger charge is -2.08. The van der Waals surface area contributed by atoms with Crippen LogP contribution in [0.15, 0.2) is 28.7 Å². The number of carbonyl (C=O) groups is 1. The number of hydrogen-bond acceptors (Lipinski definition) is 4. The summed E-state index contributed by atoms with van der Waals surface area (Å²) < 4.78 is 1.04. The molecule has 110 valence electrons. The molecule has 1 aromatic carbocycles. The molecule has 4 nitrogen and oxygen atoms in total. The average Bonchev–Trinajstić information content (AvgIpc) is 3.10. The standard InChI is InChI=1S/C15H16BrN3OS/c1-9-13(10-4-6-11(16)7-5-10)18-15(21-9)19-14(20)12-3-2-8-17-12/h4-7,12,17H,2-3,8H2,1H3,(H,18,19,20). The van der Waals surface area contributed by atoms with E-state index in [0.29, 0.717) is 5.13 Å². The van der Waals surface area contributed by atoms with Crippen molar-refractivity contribution in [2.24, 2.45) is 0 Å². The Hall–Kier alpha value is -1.24. The molecule has 2 aromatic rings. The molecule has 1 aliphatic rings. The third kappa shape index (κ3) is 3.33. The number of halogens is 1. The zero-order valence-electron chi connectivity index (χ0n) is 11.6. The van der Waals surface area contributed by atoms with Crippen molar-refractivity contribution in [1.29, 1.82) is 0 Å². The van der Waals surface area contributed by atoms with Gasteiger partial charge in [0.05, 0.1) is 11.7 Å². The fraction of sp³-hybridized carbons (Fsp3) is 0.333. The van der Waals surface area contributed by atoms with Gasteiger partial charge >= 0.3 is 0 Å². The SMILES string of the molecule is Cc1sc(NC(=O)C2CCCN2)nc1-c1ccc(Br)cc1. The Bertz CT molecular complexity index is 647. The van der Waals surface area contributed by atoms with E-state index < -0.39 is 0 Å². The molecule has 1 unspecified atom stereocenters. The van der Waals surface area contributed by atoms with Crippen molar-refractivity contribution < 1.29 is 4.79 Å². The van der Waals surface area contributed by atoms with Crippen LogP contribution in [0.5, 0.6) is 0 Å². The Kier molecular flexibility index (Phi) is 4.37. The fourth-order valence-corrected chi connectivity index (χ4v) is 3.53.